The molecule has 0 radical (unpaired) electrons. The number of halogens is 17. The fraction of sp³-hybridized carbons (Fsp3) is 0.909. The Morgan fingerprint density at radius 3 is 1.07 bits per heavy atom. The summed E-state index contributed by atoms with van der Waals surface area (Å²) in [6, 6.07) is 0. The van der Waals surface area contributed by atoms with E-state index in [9.17, 15) is 79.4 Å². The lowest BCUT2D eigenvalue weighted by Crippen LogP contribution is -2.75. The molecule has 0 aliphatic carbocycles. The first-order valence-corrected chi connectivity index (χ1v) is 6.54. The lowest BCUT2D eigenvalue weighted by atomic mass is 9.88. The van der Waals surface area contributed by atoms with Gasteiger partial charge in [-0.1, -0.05) is 0 Å². The summed E-state index contributed by atoms with van der Waals surface area (Å²) in [6.07, 6.45) is -11.6. The van der Waals surface area contributed by atoms with Crippen molar-refractivity contribution in [2.75, 3.05) is 0 Å². The van der Waals surface area contributed by atoms with Crippen LogP contribution in [0.2, 0.25) is 0 Å². The lowest BCUT2D eigenvalue weighted by molar-refractivity contribution is -0.463. The van der Waals surface area contributed by atoms with E-state index >= 15 is 0 Å². The van der Waals surface area contributed by atoms with Crippen LogP contribution in [0.4, 0.5) is 74.6 Å². The van der Waals surface area contributed by atoms with E-state index in [2.05, 4.69) is 4.74 Å². The van der Waals surface area contributed by atoms with E-state index in [1.807, 2.05) is 0 Å². The molecule has 1 atom stereocenters. The van der Waals surface area contributed by atoms with E-state index in [1.54, 1.807) is 0 Å². The van der Waals surface area contributed by atoms with Gasteiger partial charge >= 0.3 is 47.6 Å². The molecule has 0 bridgehead atoms. The molecule has 0 aromatic rings. The molecule has 180 valence electrons. The molecule has 30 heavy (non-hydrogen) atoms. The van der Waals surface area contributed by atoms with Crippen molar-refractivity contribution in [2.45, 2.75) is 60.7 Å². The maximum atomic E-state index is 13.3. The van der Waals surface area contributed by atoms with Crippen LogP contribution in [0.3, 0.4) is 0 Å². The van der Waals surface area contributed by atoms with Crippen LogP contribution in [0.25, 0.3) is 0 Å². The summed E-state index contributed by atoms with van der Waals surface area (Å²) in [4.78, 5) is 9.79. The van der Waals surface area contributed by atoms with Gasteiger partial charge in [-0.2, -0.15) is 74.6 Å². The average Bonchev–Trinajstić information content (AvgIpc) is 2.52. The van der Waals surface area contributed by atoms with Crippen molar-refractivity contribution in [1.82, 2.24) is 0 Å². The first kappa shape index (κ1) is 28.3. The van der Waals surface area contributed by atoms with Gasteiger partial charge in [0.05, 0.1) is 0 Å². The Morgan fingerprint density at radius 2 is 0.800 bits per heavy atom. The molecule has 0 N–H and O–H groups in total. The van der Waals surface area contributed by atoms with Crippen LogP contribution < -0.4 is 0 Å². The minimum absolute atomic E-state index is 0.388. The highest BCUT2D eigenvalue weighted by atomic mass is 19.4. The third kappa shape index (κ3) is 3.40. The van der Waals surface area contributed by atoms with E-state index < -0.39 is 60.2 Å². The summed E-state index contributed by atoms with van der Waals surface area (Å²) in [7, 11) is 0. The minimum Gasteiger partial charge on any atom is -0.458 e. The number of alkyl halides is 17. The number of carbonyl (C=O) groups excluding carboxylic acids is 1. The van der Waals surface area contributed by atoms with Gasteiger partial charge in [0, 0.05) is 0 Å². The molecule has 0 aromatic carbocycles. The zero-order valence-electron chi connectivity index (χ0n) is 13.4. The monoisotopic (exact) mass is 492 g/mol. The molecule has 0 rings (SSSR count). The second-order valence-electron chi connectivity index (χ2n) is 5.44. The van der Waals surface area contributed by atoms with Crippen molar-refractivity contribution >= 4 is 6.47 Å². The molecular weight excluding hydrogens is 487 g/mol. The maximum Gasteiger partial charge on any atom is 0.460 e. The zero-order valence-corrected chi connectivity index (χ0v) is 13.4. The van der Waals surface area contributed by atoms with Crippen molar-refractivity contribution in [2.24, 2.45) is 0 Å². The summed E-state index contributed by atoms with van der Waals surface area (Å²) in [5.74, 6) is -57.1. The van der Waals surface area contributed by atoms with Crippen LogP contribution in [0, 0.1) is 0 Å². The highest BCUT2D eigenvalue weighted by Crippen LogP contribution is 2.64. The van der Waals surface area contributed by atoms with E-state index in [4.69, 9.17) is 0 Å². The maximum absolute atomic E-state index is 13.3. The topological polar surface area (TPSA) is 26.3 Å². The molecule has 2 nitrogen and oxygen atoms in total. The van der Waals surface area contributed by atoms with Crippen molar-refractivity contribution in [1.29, 1.82) is 0 Å². The van der Waals surface area contributed by atoms with Gasteiger partial charge in [0.2, 0.25) is 0 Å². The molecule has 19 heteroatoms. The van der Waals surface area contributed by atoms with Crippen molar-refractivity contribution < 1.29 is 84.2 Å². The average molecular weight is 492 g/mol. The molecule has 0 saturated heterocycles. The van der Waals surface area contributed by atoms with Gasteiger partial charge in [0.25, 0.3) is 6.47 Å². The van der Waals surface area contributed by atoms with E-state index in [-0.39, 0.29) is 6.92 Å². The molecule has 0 saturated carbocycles. The smallest absolute Gasteiger partial charge is 0.458 e. The summed E-state index contributed by atoms with van der Waals surface area (Å²) in [6.45, 7) is -1.53. The fourth-order valence-electron chi connectivity index (χ4n) is 1.60. The van der Waals surface area contributed by atoms with E-state index in [0.29, 0.717) is 0 Å². The molecule has 0 amide bonds. The van der Waals surface area contributed by atoms with Gasteiger partial charge < -0.3 is 4.74 Å². The SMILES string of the molecule is CC(OC=O)C(F)(F)C(F)(F)C(F)(F)C(F)(F)C(F)(F)C(F)(F)C(F)(F)C(F)(F)F. The highest BCUT2D eigenvalue weighted by Gasteiger charge is 2.95. The second-order valence-corrected chi connectivity index (χ2v) is 5.44. The van der Waals surface area contributed by atoms with Crippen LogP contribution in [0.1, 0.15) is 6.92 Å². The van der Waals surface area contributed by atoms with Crippen LogP contribution in [0.5, 0.6) is 0 Å². The van der Waals surface area contributed by atoms with Crippen LogP contribution in [-0.4, -0.2) is 60.2 Å². The predicted octanol–water partition coefficient (Wildman–Crippen LogP) is 5.56. The Morgan fingerprint density at radius 1 is 0.533 bits per heavy atom. The van der Waals surface area contributed by atoms with Crippen molar-refractivity contribution in [3.8, 4) is 0 Å². The first-order valence-electron chi connectivity index (χ1n) is 6.54. The molecule has 0 fully saturated rings. The molecule has 0 spiro atoms. The van der Waals surface area contributed by atoms with Gasteiger partial charge in [-0.05, 0) is 6.92 Å². The number of hydrogen-bond donors (Lipinski definition) is 0. The molecule has 0 heterocycles. The molecular formula is C11H5F17O2. The Labute approximate surface area is 152 Å². The van der Waals surface area contributed by atoms with Crippen LogP contribution in [-0.2, 0) is 9.53 Å². The second kappa shape index (κ2) is 7.16. The summed E-state index contributed by atoms with van der Waals surface area (Å²) < 4.78 is 222. The van der Waals surface area contributed by atoms with Gasteiger partial charge in [-0.15, -0.1) is 0 Å². The van der Waals surface area contributed by atoms with Gasteiger partial charge in [-0.25, -0.2) is 0 Å². The number of rotatable bonds is 9. The third-order valence-electron chi connectivity index (χ3n) is 3.52. The zero-order chi connectivity index (χ0) is 25.0. The number of hydrogen-bond acceptors (Lipinski definition) is 2. The standard InChI is InChI=1S/C11H5F17O2/c1-3(30-2-29)4(12,13)5(14,15)6(16,17)7(18,19)8(20,21)9(22,23)10(24,25)11(26,27)28/h2-3H,1H3. The largest absolute Gasteiger partial charge is 0.460 e. The van der Waals surface area contributed by atoms with Crippen molar-refractivity contribution in [3.63, 3.8) is 0 Å². The normalized spacial score (nSPS) is 17.0. The highest BCUT2D eigenvalue weighted by molar-refractivity contribution is 5.37. The minimum atomic E-state index is -8.68. The summed E-state index contributed by atoms with van der Waals surface area (Å²) >= 11 is 0. The molecule has 0 aliphatic rings. The molecule has 1 unspecified atom stereocenters. The first-order chi connectivity index (χ1) is 12.7. The Bertz CT molecular complexity index is 634. The Hall–Kier alpha value is -1.72. The Kier molecular flexibility index (Phi) is 6.75. The van der Waals surface area contributed by atoms with Crippen LogP contribution >= 0.6 is 0 Å². The quantitative estimate of drug-likeness (QED) is 0.312. The molecule has 0 aromatic heterocycles. The lowest BCUT2D eigenvalue weighted by Gasteiger charge is -2.43. The molecule has 0 aliphatic heterocycles. The van der Waals surface area contributed by atoms with Gasteiger partial charge in [0.1, 0.15) is 0 Å². The third-order valence-corrected chi connectivity index (χ3v) is 3.52. The van der Waals surface area contributed by atoms with Crippen LogP contribution in [0.15, 0.2) is 0 Å². The van der Waals surface area contributed by atoms with Gasteiger partial charge in [0.15, 0.2) is 6.10 Å². The Balaban J connectivity index is 6.73. The predicted molar refractivity (Wildman–Crippen MR) is 57.3 cm³/mol. The summed E-state index contributed by atoms with van der Waals surface area (Å²) in [5.41, 5.74) is 0. The van der Waals surface area contributed by atoms with Crippen molar-refractivity contribution in [3.05, 3.63) is 0 Å². The number of ether oxygens (including phenoxy) is 1. The fourth-order valence-corrected chi connectivity index (χ4v) is 1.60. The summed E-state index contributed by atoms with van der Waals surface area (Å²) in [5, 5.41) is 0. The van der Waals surface area contributed by atoms with E-state index in [0.717, 1.165) is 0 Å². The number of carbonyl (C=O) groups is 1. The van der Waals surface area contributed by atoms with Gasteiger partial charge in [-0.3, -0.25) is 4.79 Å². The van der Waals surface area contributed by atoms with E-state index in [1.165, 1.54) is 0 Å².